The number of nitrogens with zero attached hydrogens (tertiary/aromatic N) is 2. The van der Waals surface area contributed by atoms with Crippen molar-refractivity contribution >= 4 is 17.2 Å². The fraction of sp³-hybridized carbons (Fsp3) is 0.176. The molecule has 106 valence electrons. The number of nitrogens with one attached hydrogen (secondary N) is 1. The van der Waals surface area contributed by atoms with Crippen molar-refractivity contribution in [3.63, 3.8) is 0 Å². The van der Waals surface area contributed by atoms with E-state index in [1.807, 2.05) is 67.8 Å². The normalized spacial score (nSPS) is 10.8. The first kappa shape index (κ1) is 13.4. The van der Waals surface area contributed by atoms with Crippen LogP contribution in [0.1, 0.15) is 27.3 Å². The number of hydrogen-bond donors (Lipinski definition) is 1. The smallest absolute Gasteiger partial charge is 0.255 e. The van der Waals surface area contributed by atoms with Crippen molar-refractivity contribution in [3.8, 4) is 0 Å². The molecule has 0 radical (unpaired) electrons. The van der Waals surface area contributed by atoms with Crippen LogP contribution in [0.3, 0.4) is 0 Å². The van der Waals surface area contributed by atoms with Crippen LogP contribution in [-0.4, -0.2) is 15.3 Å². The molecule has 1 aromatic carbocycles. The molecule has 2 aromatic heterocycles. The summed E-state index contributed by atoms with van der Waals surface area (Å²) in [5.74, 6) is -0.104. The number of imidazole rings is 1. The number of benzene rings is 1. The van der Waals surface area contributed by atoms with Gasteiger partial charge in [-0.2, -0.15) is 0 Å². The molecule has 0 aliphatic rings. The summed E-state index contributed by atoms with van der Waals surface area (Å²) in [6.07, 6.45) is 1.90. The maximum atomic E-state index is 12.3. The van der Waals surface area contributed by atoms with Crippen molar-refractivity contribution in [1.82, 2.24) is 9.38 Å². The zero-order valence-electron chi connectivity index (χ0n) is 12.3. The van der Waals surface area contributed by atoms with Gasteiger partial charge in [0.15, 0.2) is 0 Å². The third-order valence-corrected chi connectivity index (χ3v) is 3.63. The van der Waals surface area contributed by atoms with E-state index < -0.39 is 0 Å². The molecule has 0 bridgehead atoms. The van der Waals surface area contributed by atoms with Crippen LogP contribution >= 0.6 is 0 Å². The van der Waals surface area contributed by atoms with Crippen molar-refractivity contribution in [2.45, 2.75) is 20.8 Å². The van der Waals surface area contributed by atoms with Gasteiger partial charge in [0.05, 0.1) is 11.4 Å². The van der Waals surface area contributed by atoms with Crippen molar-refractivity contribution in [2.75, 3.05) is 5.32 Å². The predicted molar refractivity (Wildman–Crippen MR) is 83.8 cm³/mol. The molecule has 1 amide bonds. The Morgan fingerprint density at radius 1 is 1.14 bits per heavy atom. The van der Waals surface area contributed by atoms with Crippen LogP contribution < -0.4 is 5.32 Å². The average molecular weight is 279 g/mol. The first-order chi connectivity index (χ1) is 10.0. The van der Waals surface area contributed by atoms with Gasteiger partial charge < -0.3 is 9.72 Å². The summed E-state index contributed by atoms with van der Waals surface area (Å²) >= 11 is 0. The van der Waals surface area contributed by atoms with Crippen LogP contribution in [0, 0.1) is 20.8 Å². The molecule has 3 rings (SSSR count). The summed E-state index contributed by atoms with van der Waals surface area (Å²) in [4.78, 5) is 16.7. The highest BCUT2D eigenvalue weighted by Gasteiger charge is 2.08. The monoisotopic (exact) mass is 279 g/mol. The maximum absolute atomic E-state index is 12.3. The number of rotatable bonds is 2. The summed E-state index contributed by atoms with van der Waals surface area (Å²) < 4.78 is 1.99. The Balaban J connectivity index is 1.91. The molecular weight excluding hydrogens is 262 g/mol. The first-order valence-corrected chi connectivity index (χ1v) is 6.88. The minimum absolute atomic E-state index is 0.104. The highest BCUT2D eigenvalue weighted by Crippen LogP contribution is 2.16. The van der Waals surface area contributed by atoms with Gasteiger partial charge in [-0.1, -0.05) is 17.7 Å². The quantitative estimate of drug-likeness (QED) is 0.780. The van der Waals surface area contributed by atoms with Crippen molar-refractivity contribution < 1.29 is 4.79 Å². The molecule has 0 unspecified atom stereocenters. The van der Waals surface area contributed by atoms with Crippen LogP contribution in [0.5, 0.6) is 0 Å². The van der Waals surface area contributed by atoms with E-state index in [1.54, 1.807) is 0 Å². The van der Waals surface area contributed by atoms with Crippen molar-refractivity contribution in [2.24, 2.45) is 0 Å². The number of aromatic nitrogens is 2. The molecule has 1 N–H and O–H groups in total. The lowest BCUT2D eigenvalue weighted by Crippen LogP contribution is -2.12. The zero-order chi connectivity index (χ0) is 15.0. The molecule has 0 aliphatic carbocycles. The molecule has 0 atom stereocenters. The van der Waals surface area contributed by atoms with Gasteiger partial charge in [0.25, 0.3) is 5.91 Å². The largest absolute Gasteiger partial charge is 0.321 e. The first-order valence-electron chi connectivity index (χ1n) is 6.88. The number of anilines is 1. The lowest BCUT2D eigenvalue weighted by Gasteiger charge is -2.07. The number of carbonyl (C=O) groups excluding carboxylic acids is 1. The molecule has 0 fully saturated rings. The minimum atomic E-state index is -0.104. The maximum Gasteiger partial charge on any atom is 0.255 e. The fourth-order valence-electron chi connectivity index (χ4n) is 2.34. The van der Waals surface area contributed by atoms with Crippen LogP contribution in [0.25, 0.3) is 5.65 Å². The Bertz CT molecular complexity index is 833. The highest BCUT2D eigenvalue weighted by molar-refractivity contribution is 6.04. The molecule has 0 spiro atoms. The standard InChI is InChI=1S/C17H17N3O/c1-11-5-4-6-14(9-11)17(21)19-15-7-8-16-18-12(2)13(3)20(16)10-15/h4-10H,1-3H3,(H,19,21). The molecule has 0 aliphatic heterocycles. The van der Waals surface area contributed by atoms with E-state index in [0.717, 1.165) is 28.3 Å². The van der Waals surface area contributed by atoms with E-state index in [-0.39, 0.29) is 5.91 Å². The second kappa shape index (κ2) is 5.05. The van der Waals surface area contributed by atoms with Gasteiger partial charge in [0.1, 0.15) is 5.65 Å². The minimum Gasteiger partial charge on any atom is -0.321 e. The molecule has 3 aromatic rings. The Morgan fingerprint density at radius 2 is 1.95 bits per heavy atom. The zero-order valence-corrected chi connectivity index (χ0v) is 12.3. The van der Waals surface area contributed by atoms with Gasteiger partial charge in [-0.05, 0) is 45.0 Å². The molecule has 4 heteroatoms. The van der Waals surface area contributed by atoms with Gasteiger partial charge in [0, 0.05) is 17.5 Å². The number of fused-ring (bicyclic) bond motifs is 1. The Kier molecular flexibility index (Phi) is 3.22. The number of carbonyl (C=O) groups is 1. The number of aryl methyl sites for hydroxylation is 3. The van der Waals surface area contributed by atoms with Gasteiger partial charge in [-0.25, -0.2) is 4.98 Å². The van der Waals surface area contributed by atoms with Crippen LogP contribution in [0.4, 0.5) is 5.69 Å². The summed E-state index contributed by atoms with van der Waals surface area (Å²) in [5, 5.41) is 2.93. The van der Waals surface area contributed by atoms with E-state index in [4.69, 9.17) is 0 Å². The fourth-order valence-corrected chi connectivity index (χ4v) is 2.34. The Hall–Kier alpha value is -2.62. The number of hydrogen-bond acceptors (Lipinski definition) is 2. The molecular formula is C17H17N3O. The number of amides is 1. The summed E-state index contributed by atoms with van der Waals surface area (Å²) in [7, 11) is 0. The number of pyridine rings is 1. The second-order valence-electron chi connectivity index (χ2n) is 5.25. The Labute approximate surface area is 123 Å². The predicted octanol–water partition coefficient (Wildman–Crippen LogP) is 3.51. The molecule has 4 nitrogen and oxygen atoms in total. The van der Waals surface area contributed by atoms with Crippen LogP contribution in [0.2, 0.25) is 0 Å². The molecule has 2 heterocycles. The summed E-state index contributed by atoms with van der Waals surface area (Å²) in [5.41, 5.74) is 5.45. The molecule has 21 heavy (non-hydrogen) atoms. The van der Waals surface area contributed by atoms with Crippen LogP contribution in [-0.2, 0) is 0 Å². The SMILES string of the molecule is Cc1cccc(C(=O)Nc2ccc3nc(C)c(C)n3c2)c1. The summed E-state index contributed by atoms with van der Waals surface area (Å²) in [6, 6.07) is 11.3. The van der Waals surface area contributed by atoms with Gasteiger partial charge in [0.2, 0.25) is 0 Å². The van der Waals surface area contributed by atoms with E-state index >= 15 is 0 Å². The topological polar surface area (TPSA) is 46.4 Å². The highest BCUT2D eigenvalue weighted by atomic mass is 16.1. The molecule has 0 saturated heterocycles. The Morgan fingerprint density at radius 3 is 2.71 bits per heavy atom. The van der Waals surface area contributed by atoms with E-state index in [2.05, 4.69) is 10.3 Å². The lowest BCUT2D eigenvalue weighted by atomic mass is 10.1. The van der Waals surface area contributed by atoms with Crippen molar-refractivity contribution in [1.29, 1.82) is 0 Å². The van der Waals surface area contributed by atoms with Crippen LogP contribution in [0.15, 0.2) is 42.6 Å². The third kappa shape index (κ3) is 2.52. The van der Waals surface area contributed by atoms with E-state index in [0.29, 0.717) is 5.56 Å². The van der Waals surface area contributed by atoms with Gasteiger partial charge in [-0.3, -0.25) is 4.79 Å². The average Bonchev–Trinajstić information content (AvgIpc) is 2.74. The second-order valence-corrected chi connectivity index (χ2v) is 5.25. The third-order valence-electron chi connectivity index (χ3n) is 3.63. The lowest BCUT2D eigenvalue weighted by molar-refractivity contribution is 0.102. The van der Waals surface area contributed by atoms with Gasteiger partial charge >= 0.3 is 0 Å². The van der Waals surface area contributed by atoms with E-state index in [1.165, 1.54) is 0 Å². The summed E-state index contributed by atoms with van der Waals surface area (Å²) in [6.45, 7) is 5.97. The van der Waals surface area contributed by atoms with Gasteiger partial charge in [-0.15, -0.1) is 0 Å². The molecule has 0 saturated carbocycles. The van der Waals surface area contributed by atoms with E-state index in [9.17, 15) is 4.79 Å². The van der Waals surface area contributed by atoms with Crippen molar-refractivity contribution in [3.05, 3.63) is 65.1 Å².